The highest BCUT2D eigenvalue weighted by Crippen LogP contribution is 2.22. The summed E-state index contributed by atoms with van der Waals surface area (Å²) < 4.78 is 0. The van der Waals surface area contributed by atoms with Crippen molar-refractivity contribution in [2.24, 2.45) is 5.73 Å². The van der Waals surface area contributed by atoms with Crippen LogP contribution in [0.5, 0.6) is 0 Å². The van der Waals surface area contributed by atoms with Gasteiger partial charge in [0.15, 0.2) is 5.82 Å². The van der Waals surface area contributed by atoms with Crippen LogP contribution in [0.15, 0.2) is 0 Å². The van der Waals surface area contributed by atoms with Crippen molar-refractivity contribution in [1.29, 1.82) is 0 Å². The Hall–Kier alpha value is -1.69. The highest BCUT2D eigenvalue weighted by molar-refractivity contribution is 5.73. The van der Waals surface area contributed by atoms with Gasteiger partial charge < -0.3 is 15.5 Å². The Morgan fingerprint density at radius 1 is 1.21 bits per heavy atom. The summed E-state index contributed by atoms with van der Waals surface area (Å²) in [5, 5.41) is 8.48. The first-order chi connectivity index (χ1) is 9.04. The molecule has 0 atom stereocenters. The molecule has 1 amide bonds. The summed E-state index contributed by atoms with van der Waals surface area (Å²) >= 11 is 0. The first-order valence-electron chi connectivity index (χ1n) is 6.58. The van der Waals surface area contributed by atoms with Crippen LogP contribution in [0.2, 0.25) is 0 Å². The molecule has 1 aliphatic rings. The zero-order chi connectivity index (χ0) is 14.0. The SMILES string of the molecule is CC(=O)N1CCN(c2nnc(C)c(C)c2CN)CC1. The zero-order valence-corrected chi connectivity index (χ0v) is 11.8. The maximum Gasteiger partial charge on any atom is 0.219 e. The molecule has 0 aromatic carbocycles. The summed E-state index contributed by atoms with van der Waals surface area (Å²) in [6.45, 7) is 9.07. The van der Waals surface area contributed by atoms with Gasteiger partial charge in [-0.25, -0.2) is 0 Å². The van der Waals surface area contributed by atoms with Crippen molar-refractivity contribution in [2.45, 2.75) is 27.3 Å². The molecule has 0 aliphatic carbocycles. The predicted octanol–water partition coefficient (Wildman–Crippen LogP) is 0.221. The van der Waals surface area contributed by atoms with Gasteiger partial charge in [0.1, 0.15) is 0 Å². The summed E-state index contributed by atoms with van der Waals surface area (Å²) in [4.78, 5) is 15.3. The van der Waals surface area contributed by atoms with Crippen LogP contribution in [0.4, 0.5) is 5.82 Å². The molecule has 6 nitrogen and oxygen atoms in total. The van der Waals surface area contributed by atoms with E-state index in [0.29, 0.717) is 6.54 Å². The van der Waals surface area contributed by atoms with Crippen LogP contribution in [0.3, 0.4) is 0 Å². The van der Waals surface area contributed by atoms with Gasteiger partial charge in [-0.2, -0.15) is 5.10 Å². The fourth-order valence-electron chi connectivity index (χ4n) is 2.38. The van der Waals surface area contributed by atoms with E-state index < -0.39 is 0 Å². The number of aryl methyl sites for hydroxylation is 1. The molecule has 0 radical (unpaired) electrons. The number of nitrogens with zero attached hydrogens (tertiary/aromatic N) is 4. The molecule has 2 rings (SSSR count). The maximum atomic E-state index is 11.3. The standard InChI is InChI=1S/C13H21N5O/c1-9-10(2)15-16-13(12(9)8-14)18-6-4-17(5-7-18)11(3)19/h4-8,14H2,1-3H3. The van der Waals surface area contributed by atoms with E-state index in [2.05, 4.69) is 15.1 Å². The van der Waals surface area contributed by atoms with Crippen molar-refractivity contribution in [3.05, 3.63) is 16.8 Å². The minimum absolute atomic E-state index is 0.130. The van der Waals surface area contributed by atoms with E-state index in [1.165, 1.54) is 0 Å². The second-order valence-corrected chi connectivity index (χ2v) is 4.91. The fourth-order valence-corrected chi connectivity index (χ4v) is 2.38. The lowest BCUT2D eigenvalue weighted by atomic mass is 10.1. The fraction of sp³-hybridized carbons (Fsp3) is 0.615. The van der Waals surface area contributed by atoms with E-state index >= 15 is 0 Å². The van der Waals surface area contributed by atoms with Crippen LogP contribution in [0.1, 0.15) is 23.7 Å². The quantitative estimate of drug-likeness (QED) is 0.826. The van der Waals surface area contributed by atoms with E-state index in [0.717, 1.165) is 48.8 Å². The molecule has 0 unspecified atom stereocenters. The lowest BCUT2D eigenvalue weighted by Crippen LogP contribution is -2.48. The van der Waals surface area contributed by atoms with Crippen molar-refractivity contribution >= 4 is 11.7 Å². The van der Waals surface area contributed by atoms with Crippen LogP contribution < -0.4 is 10.6 Å². The molecule has 2 heterocycles. The van der Waals surface area contributed by atoms with Crippen LogP contribution in [-0.2, 0) is 11.3 Å². The van der Waals surface area contributed by atoms with Gasteiger partial charge in [0.05, 0.1) is 5.69 Å². The molecule has 19 heavy (non-hydrogen) atoms. The Bertz CT molecular complexity index is 480. The van der Waals surface area contributed by atoms with Gasteiger partial charge in [-0.1, -0.05) is 0 Å². The van der Waals surface area contributed by atoms with Crippen molar-refractivity contribution in [2.75, 3.05) is 31.1 Å². The summed E-state index contributed by atoms with van der Waals surface area (Å²) in [6.07, 6.45) is 0. The smallest absolute Gasteiger partial charge is 0.219 e. The number of amides is 1. The molecule has 1 fully saturated rings. The van der Waals surface area contributed by atoms with Gasteiger partial charge in [0, 0.05) is 45.2 Å². The van der Waals surface area contributed by atoms with Crippen molar-refractivity contribution < 1.29 is 4.79 Å². The third-order valence-corrected chi connectivity index (χ3v) is 3.79. The maximum absolute atomic E-state index is 11.3. The third-order valence-electron chi connectivity index (χ3n) is 3.79. The molecule has 0 spiro atoms. The van der Waals surface area contributed by atoms with E-state index in [9.17, 15) is 4.79 Å². The number of hydrogen-bond acceptors (Lipinski definition) is 5. The van der Waals surface area contributed by atoms with E-state index in [-0.39, 0.29) is 5.91 Å². The summed E-state index contributed by atoms with van der Waals surface area (Å²) in [7, 11) is 0. The average Bonchev–Trinajstić information content (AvgIpc) is 2.41. The number of carbonyl (C=O) groups is 1. The number of anilines is 1. The van der Waals surface area contributed by atoms with Crippen LogP contribution in [0.25, 0.3) is 0 Å². The third kappa shape index (κ3) is 2.68. The Kier molecular flexibility index (Phi) is 3.99. The largest absolute Gasteiger partial charge is 0.351 e. The molecule has 1 saturated heterocycles. The lowest BCUT2D eigenvalue weighted by Gasteiger charge is -2.35. The minimum atomic E-state index is 0.130. The van der Waals surface area contributed by atoms with E-state index in [1.54, 1.807) is 6.92 Å². The average molecular weight is 263 g/mol. The normalized spacial score (nSPS) is 15.8. The summed E-state index contributed by atoms with van der Waals surface area (Å²) in [5.74, 6) is 0.999. The van der Waals surface area contributed by atoms with Gasteiger partial charge >= 0.3 is 0 Å². The molecule has 6 heteroatoms. The minimum Gasteiger partial charge on any atom is -0.351 e. The molecule has 1 aromatic heterocycles. The van der Waals surface area contributed by atoms with Gasteiger partial charge in [-0.15, -0.1) is 5.10 Å². The van der Waals surface area contributed by atoms with Crippen LogP contribution >= 0.6 is 0 Å². The number of carbonyl (C=O) groups excluding carboxylic acids is 1. The molecular weight excluding hydrogens is 242 g/mol. The predicted molar refractivity (Wildman–Crippen MR) is 73.9 cm³/mol. The number of aromatic nitrogens is 2. The van der Waals surface area contributed by atoms with Crippen LogP contribution in [0, 0.1) is 13.8 Å². The van der Waals surface area contributed by atoms with E-state index in [1.807, 2.05) is 18.7 Å². The Morgan fingerprint density at radius 3 is 2.37 bits per heavy atom. The van der Waals surface area contributed by atoms with Gasteiger partial charge in [0.25, 0.3) is 0 Å². The Morgan fingerprint density at radius 2 is 1.84 bits per heavy atom. The van der Waals surface area contributed by atoms with Gasteiger partial charge in [-0.05, 0) is 19.4 Å². The zero-order valence-electron chi connectivity index (χ0n) is 11.8. The highest BCUT2D eigenvalue weighted by Gasteiger charge is 2.22. The second-order valence-electron chi connectivity index (χ2n) is 4.91. The molecule has 104 valence electrons. The van der Waals surface area contributed by atoms with Crippen LogP contribution in [-0.4, -0.2) is 47.2 Å². The molecular formula is C13H21N5O. The lowest BCUT2D eigenvalue weighted by molar-refractivity contribution is -0.129. The monoisotopic (exact) mass is 263 g/mol. The molecule has 0 bridgehead atoms. The van der Waals surface area contributed by atoms with Crippen molar-refractivity contribution in [3.8, 4) is 0 Å². The highest BCUT2D eigenvalue weighted by atomic mass is 16.2. The topological polar surface area (TPSA) is 75.4 Å². The Labute approximate surface area is 113 Å². The summed E-state index contributed by atoms with van der Waals surface area (Å²) in [5.41, 5.74) is 8.94. The molecule has 1 aromatic rings. The number of rotatable bonds is 2. The number of piperazine rings is 1. The first-order valence-corrected chi connectivity index (χ1v) is 6.58. The van der Waals surface area contributed by atoms with Crippen molar-refractivity contribution in [3.63, 3.8) is 0 Å². The Balaban J connectivity index is 2.20. The van der Waals surface area contributed by atoms with E-state index in [4.69, 9.17) is 5.73 Å². The van der Waals surface area contributed by atoms with Gasteiger partial charge in [-0.3, -0.25) is 4.79 Å². The van der Waals surface area contributed by atoms with Gasteiger partial charge in [0.2, 0.25) is 5.91 Å². The molecule has 0 saturated carbocycles. The summed E-state index contributed by atoms with van der Waals surface area (Å²) in [6, 6.07) is 0. The number of hydrogen-bond donors (Lipinski definition) is 1. The molecule has 2 N–H and O–H groups in total. The van der Waals surface area contributed by atoms with Crippen molar-refractivity contribution in [1.82, 2.24) is 15.1 Å². The second kappa shape index (κ2) is 5.52. The first kappa shape index (κ1) is 13.7. The molecule has 1 aliphatic heterocycles. The number of nitrogens with two attached hydrogens (primary N) is 1.